The molecule has 2 rings (SSSR count). The zero-order valence-electron chi connectivity index (χ0n) is 13.9. The number of carbonyl (C=O) groups is 2. The van der Waals surface area contributed by atoms with Crippen LogP contribution in [0.15, 0.2) is 24.3 Å². The van der Waals surface area contributed by atoms with Gasteiger partial charge < -0.3 is 16.4 Å². The minimum absolute atomic E-state index is 0.0609. The third kappa shape index (κ3) is 6.40. The molecule has 1 aromatic rings. The Kier molecular flexibility index (Phi) is 7.37. The van der Waals surface area contributed by atoms with Crippen LogP contribution in [0.4, 0.5) is 4.79 Å². The van der Waals surface area contributed by atoms with Crippen LogP contribution >= 0.6 is 11.6 Å². The number of nitrogens with one attached hydrogen (secondary N) is 2. The summed E-state index contributed by atoms with van der Waals surface area (Å²) in [7, 11) is 0. The largest absolute Gasteiger partial charge is 0.353 e. The molecule has 0 radical (unpaired) electrons. The Labute approximate surface area is 148 Å². The zero-order valence-corrected chi connectivity index (χ0v) is 14.6. The van der Waals surface area contributed by atoms with Gasteiger partial charge in [-0.2, -0.15) is 0 Å². The molecule has 1 aliphatic carbocycles. The van der Waals surface area contributed by atoms with E-state index in [1.807, 2.05) is 0 Å². The highest BCUT2D eigenvalue weighted by Crippen LogP contribution is 2.21. The average molecular weight is 352 g/mol. The van der Waals surface area contributed by atoms with Crippen LogP contribution in [-0.2, 0) is 4.79 Å². The second-order valence-corrected chi connectivity index (χ2v) is 6.86. The number of rotatable bonds is 5. The fraction of sp³-hybridized carbons (Fsp3) is 0.556. The highest BCUT2D eigenvalue weighted by Gasteiger charge is 2.20. The molecule has 0 spiro atoms. The van der Waals surface area contributed by atoms with Gasteiger partial charge >= 0.3 is 6.03 Å². The Bertz CT molecular complexity index is 540. The molecule has 1 fully saturated rings. The zero-order chi connectivity index (χ0) is 17.4. The van der Waals surface area contributed by atoms with Crippen molar-refractivity contribution >= 4 is 23.5 Å². The van der Waals surface area contributed by atoms with Crippen molar-refractivity contribution in [2.75, 3.05) is 0 Å². The lowest BCUT2D eigenvalue weighted by Crippen LogP contribution is -2.40. The molecule has 0 saturated heterocycles. The van der Waals surface area contributed by atoms with Crippen LogP contribution in [0.25, 0.3) is 0 Å². The van der Waals surface area contributed by atoms with Gasteiger partial charge in [0, 0.05) is 11.1 Å². The fourth-order valence-corrected chi connectivity index (χ4v) is 3.32. The number of amides is 3. The summed E-state index contributed by atoms with van der Waals surface area (Å²) in [5.74, 6) is -0.0609. The van der Waals surface area contributed by atoms with E-state index >= 15 is 0 Å². The van der Waals surface area contributed by atoms with Crippen LogP contribution in [0.3, 0.4) is 0 Å². The van der Waals surface area contributed by atoms with E-state index in [-0.39, 0.29) is 18.4 Å². The molecule has 0 heterocycles. The lowest BCUT2D eigenvalue weighted by atomic mass is 9.96. The summed E-state index contributed by atoms with van der Waals surface area (Å²) < 4.78 is 0. The molecule has 24 heavy (non-hydrogen) atoms. The van der Waals surface area contributed by atoms with Gasteiger partial charge in [0.25, 0.3) is 0 Å². The summed E-state index contributed by atoms with van der Waals surface area (Å²) in [4.78, 5) is 23.7. The van der Waals surface area contributed by atoms with Crippen molar-refractivity contribution in [2.45, 2.75) is 63.5 Å². The van der Waals surface area contributed by atoms with E-state index in [0.717, 1.165) is 31.2 Å². The highest BCUT2D eigenvalue weighted by molar-refractivity contribution is 6.30. The Morgan fingerprint density at radius 3 is 2.25 bits per heavy atom. The van der Waals surface area contributed by atoms with Crippen LogP contribution in [0.1, 0.15) is 63.0 Å². The van der Waals surface area contributed by atoms with Crippen molar-refractivity contribution in [3.05, 3.63) is 34.9 Å². The standard InChI is InChI=1S/C18H26ClN3O2/c19-14-10-8-13(9-11-14)16(22-18(20)24)12-17(23)21-15-6-4-2-1-3-5-7-15/h8-11,15-16H,1-7,12H2,(H,21,23)(H3,20,22,24)/t16-/m1/s1. The van der Waals surface area contributed by atoms with Crippen LogP contribution < -0.4 is 16.4 Å². The molecule has 5 nitrogen and oxygen atoms in total. The third-order valence-electron chi connectivity index (χ3n) is 4.45. The number of urea groups is 1. The van der Waals surface area contributed by atoms with Crippen LogP contribution in [-0.4, -0.2) is 18.0 Å². The number of hydrogen-bond donors (Lipinski definition) is 3. The van der Waals surface area contributed by atoms with Gasteiger partial charge in [-0.1, -0.05) is 55.8 Å². The number of hydrogen-bond acceptors (Lipinski definition) is 2. The summed E-state index contributed by atoms with van der Waals surface area (Å²) in [6, 6.07) is 6.20. The minimum Gasteiger partial charge on any atom is -0.353 e. The van der Waals surface area contributed by atoms with Crippen LogP contribution in [0.2, 0.25) is 5.02 Å². The van der Waals surface area contributed by atoms with Crippen molar-refractivity contribution in [3.63, 3.8) is 0 Å². The highest BCUT2D eigenvalue weighted by atomic mass is 35.5. The Morgan fingerprint density at radius 1 is 1.08 bits per heavy atom. The lowest BCUT2D eigenvalue weighted by Gasteiger charge is -2.23. The first-order valence-electron chi connectivity index (χ1n) is 8.65. The molecule has 4 N–H and O–H groups in total. The van der Waals surface area contributed by atoms with Crippen molar-refractivity contribution in [2.24, 2.45) is 5.73 Å². The van der Waals surface area contributed by atoms with Gasteiger partial charge in [0.15, 0.2) is 0 Å². The molecular formula is C18H26ClN3O2. The first-order valence-corrected chi connectivity index (χ1v) is 9.03. The monoisotopic (exact) mass is 351 g/mol. The summed E-state index contributed by atoms with van der Waals surface area (Å²) in [6.07, 6.45) is 8.31. The van der Waals surface area contributed by atoms with E-state index < -0.39 is 12.1 Å². The molecule has 0 bridgehead atoms. The maximum atomic E-state index is 12.4. The van der Waals surface area contributed by atoms with Gasteiger partial charge in [0.1, 0.15) is 0 Å². The van der Waals surface area contributed by atoms with Gasteiger partial charge in [0.2, 0.25) is 5.91 Å². The maximum absolute atomic E-state index is 12.4. The molecule has 1 aliphatic rings. The molecule has 1 atom stereocenters. The summed E-state index contributed by atoms with van der Waals surface area (Å²) in [5, 5.41) is 6.36. The molecule has 3 amide bonds. The smallest absolute Gasteiger partial charge is 0.312 e. The first-order chi connectivity index (χ1) is 11.5. The fourth-order valence-electron chi connectivity index (χ4n) is 3.19. The van der Waals surface area contributed by atoms with Crippen LogP contribution in [0, 0.1) is 0 Å². The van der Waals surface area contributed by atoms with Gasteiger partial charge in [-0.15, -0.1) is 0 Å². The first kappa shape index (κ1) is 18.6. The number of carbonyl (C=O) groups excluding carboxylic acids is 2. The number of benzene rings is 1. The topological polar surface area (TPSA) is 84.2 Å². The minimum atomic E-state index is -0.645. The molecule has 132 valence electrons. The second-order valence-electron chi connectivity index (χ2n) is 6.43. The van der Waals surface area contributed by atoms with Crippen molar-refractivity contribution in [1.82, 2.24) is 10.6 Å². The number of nitrogens with two attached hydrogens (primary N) is 1. The van der Waals surface area contributed by atoms with E-state index in [2.05, 4.69) is 10.6 Å². The predicted molar refractivity (Wildman–Crippen MR) is 95.8 cm³/mol. The lowest BCUT2D eigenvalue weighted by molar-refractivity contribution is -0.122. The van der Waals surface area contributed by atoms with Gasteiger partial charge in [-0.3, -0.25) is 4.79 Å². The number of primary amides is 1. The van der Waals surface area contributed by atoms with Crippen LogP contribution in [0.5, 0.6) is 0 Å². The molecule has 0 unspecified atom stereocenters. The van der Waals surface area contributed by atoms with Crippen molar-refractivity contribution < 1.29 is 9.59 Å². The van der Waals surface area contributed by atoms with E-state index in [0.29, 0.717) is 5.02 Å². The molecule has 0 aromatic heterocycles. The Hall–Kier alpha value is -1.75. The third-order valence-corrected chi connectivity index (χ3v) is 4.70. The maximum Gasteiger partial charge on any atom is 0.312 e. The summed E-state index contributed by atoms with van der Waals surface area (Å²) in [6.45, 7) is 0. The molecule has 6 heteroatoms. The van der Waals surface area contributed by atoms with E-state index in [9.17, 15) is 9.59 Å². The molecule has 1 aromatic carbocycles. The Balaban J connectivity index is 1.95. The SMILES string of the molecule is NC(=O)N[C@H](CC(=O)NC1CCCCCCC1)c1ccc(Cl)cc1. The Morgan fingerprint density at radius 2 is 1.67 bits per heavy atom. The normalized spacial score (nSPS) is 17.4. The van der Waals surface area contributed by atoms with Gasteiger partial charge in [-0.05, 0) is 30.5 Å². The quantitative estimate of drug-likeness (QED) is 0.756. The number of halogens is 1. The molecular weight excluding hydrogens is 326 g/mol. The van der Waals surface area contributed by atoms with E-state index in [4.69, 9.17) is 17.3 Å². The summed E-state index contributed by atoms with van der Waals surface area (Å²) >= 11 is 5.89. The van der Waals surface area contributed by atoms with Crippen molar-refractivity contribution in [1.29, 1.82) is 0 Å². The van der Waals surface area contributed by atoms with E-state index in [1.165, 1.54) is 19.3 Å². The van der Waals surface area contributed by atoms with Gasteiger partial charge in [0.05, 0.1) is 12.5 Å². The second kappa shape index (κ2) is 9.52. The van der Waals surface area contributed by atoms with Gasteiger partial charge in [-0.25, -0.2) is 4.79 Å². The predicted octanol–water partition coefficient (Wildman–Crippen LogP) is 3.67. The average Bonchev–Trinajstić information content (AvgIpc) is 2.49. The van der Waals surface area contributed by atoms with Crippen molar-refractivity contribution in [3.8, 4) is 0 Å². The molecule has 0 aliphatic heterocycles. The van der Waals surface area contributed by atoms with E-state index in [1.54, 1.807) is 24.3 Å². The summed E-state index contributed by atoms with van der Waals surface area (Å²) in [5.41, 5.74) is 6.06. The molecule has 1 saturated carbocycles.